The Kier molecular flexibility index (Phi) is 4.13. The molecule has 1 aromatic carbocycles. The third kappa shape index (κ3) is 2.92. The van der Waals surface area contributed by atoms with Gasteiger partial charge in [0.05, 0.1) is 6.04 Å². The second-order valence-corrected chi connectivity index (χ2v) is 5.92. The molecule has 3 rings (SSSR count). The van der Waals surface area contributed by atoms with E-state index in [9.17, 15) is 0 Å². The van der Waals surface area contributed by atoms with Crippen molar-refractivity contribution >= 4 is 22.6 Å². The second-order valence-electron chi connectivity index (χ2n) is 5.48. The number of allylic oxidation sites excluding steroid dienone is 1. The summed E-state index contributed by atoms with van der Waals surface area (Å²) in [6.45, 7) is 0. The van der Waals surface area contributed by atoms with E-state index in [1.54, 1.807) is 5.57 Å². The lowest BCUT2D eigenvalue weighted by Gasteiger charge is -2.18. The van der Waals surface area contributed by atoms with E-state index in [1.807, 2.05) is 25.2 Å². The lowest BCUT2D eigenvalue weighted by atomic mass is 9.93. The minimum atomic E-state index is 0.241. The highest BCUT2D eigenvalue weighted by Gasteiger charge is 2.17. The average molecular weight is 290 g/mol. The van der Waals surface area contributed by atoms with Crippen molar-refractivity contribution in [2.75, 3.05) is 7.05 Å². The van der Waals surface area contributed by atoms with E-state index in [1.165, 1.54) is 25.7 Å². The van der Waals surface area contributed by atoms with Crippen LogP contribution in [0.1, 0.15) is 43.9 Å². The molecule has 1 aliphatic carbocycles. The Morgan fingerprint density at radius 3 is 2.95 bits per heavy atom. The molecule has 1 aliphatic rings. The summed E-state index contributed by atoms with van der Waals surface area (Å²) in [5, 5.41) is 5.20. The highest BCUT2D eigenvalue weighted by molar-refractivity contribution is 6.31. The van der Waals surface area contributed by atoms with Gasteiger partial charge in [0, 0.05) is 10.4 Å². The molecule has 0 radical (unpaired) electrons. The highest BCUT2D eigenvalue weighted by Crippen LogP contribution is 2.31. The van der Waals surface area contributed by atoms with Crippen molar-refractivity contribution in [3.05, 3.63) is 46.7 Å². The molecule has 3 heteroatoms. The topological polar surface area (TPSA) is 25.2 Å². The van der Waals surface area contributed by atoms with Gasteiger partial charge >= 0.3 is 0 Å². The molecule has 0 bridgehead atoms. The van der Waals surface area contributed by atoms with Gasteiger partial charge in [-0.25, -0.2) is 0 Å². The summed E-state index contributed by atoms with van der Waals surface area (Å²) in [6, 6.07) is 8.11. The molecule has 0 amide bonds. The summed E-state index contributed by atoms with van der Waals surface area (Å²) < 4.78 is 5.97. The van der Waals surface area contributed by atoms with Crippen LogP contribution in [0, 0.1) is 0 Å². The van der Waals surface area contributed by atoms with Crippen LogP contribution in [0.3, 0.4) is 0 Å². The average Bonchev–Trinajstić information content (AvgIpc) is 2.88. The number of hydrogen-bond acceptors (Lipinski definition) is 2. The van der Waals surface area contributed by atoms with Gasteiger partial charge in [-0.15, -0.1) is 0 Å². The molecule has 0 aliphatic heterocycles. The van der Waals surface area contributed by atoms with Gasteiger partial charge in [0.2, 0.25) is 0 Å². The maximum atomic E-state index is 6.03. The molecule has 1 N–H and O–H groups in total. The molecule has 106 valence electrons. The molecule has 1 aromatic heterocycles. The van der Waals surface area contributed by atoms with Gasteiger partial charge in [-0.2, -0.15) is 0 Å². The maximum Gasteiger partial charge on any atom is 0.134 e. The van der Waals surface area contributed by atoms with Gasteiger partial charge in [0.1, 0.15) is 11.3 Å². The van der Waals surface area contributed by atoms with Gasteiger partial charge in [0.15, 0.2) is 0 Å². The fourth-order valence-electron chi connectivity index (χ4n) is 2.90. The van der Waals surface area contributed by atoms with E-state index < -0.39 is 0 Å². The largest absolute Gasteiger partial charge is 0.459 e. The van der Waals surface area contributed by atoms with Crippen molar-refractivity contribution in [1.82, 2.24) is 5.32 Å². The second kappa shape index (κ2) is 6.02. The SMILES string of the molecule is CNC(CC1=CCCCC1)c1cc2cc(Cl)ccc2o1. The fraction of sp³-hybridized carbons (Fsp3) is 0.412. The van der Waals surface area contributed by atoms with Crippen molar-refractivity contribution < 1.29 is 4.42 Å². The first-order chi connectivity index (χ1) is 9.76. The summed E-state index contributed by atoms with van der Waals surface area (Å²) in [5.41, 5.74) is 2.45. The number of halogens is 1. The molecule has 0 saturated carbocycles. The first-order valence-electron chi connectivity index (χ1n) is 7.30. The Hall–Kier alpha value is -1.25. The first kappa shape index (κ1) is 13.7. The predicted octanol–water partition coefficient (Wildman–Crippen LogP) is 5.24. The van der Waals surface area contributed by atoms with Crippen molar-refractivity contribution in [2.45, 2.75) is 38.1 Å². The predicted molar refractivity (Wildman–Crippen MR) is 84.2 cm³/mol. The molecule has 0 saturated heterocycles. The van der Waals surface area contributed by atoms with Gasteiger partial charge in [-0.1, -0.05) is 23.3 Å². The lowest BCUT2D eigenvalue weighted by Crippen LogP contribution is -2.16. The molecule has 20 heavy (non-hydrogen) atoms. The zero-order chi connectivity index (χ0) is 13.9. The molecular weight excluding hydrogens is 270 g/mol. The van der Waals surface area contributed by atoms with Crippen LogP contribution in [0.4, 0.5) is 0 Å². The van der Waals surface area contributed by atoms with Gasteiger partial charge in [0.25, 0.3) is 0 Å². The van der Waals surface area contributed by atoms with Crippen molar-refractivity contribution in [1.29, 1.82) is 0 Å². The van der Waals surface area contributed by atoms with Crippen LogP contribution in [0.25, 0.3) is 11.0 Å². The molecule has 1 unspecified atom stereocenters. The van der Waals surface area contributed by atoms with Crippen LogP contribution in [0.15, 0.2) is 40.3 Å². The minimum absolute atomic E-state index is 0.241. The molecule has 1 atom stereocenters. The number of hydrogen-bond donors (Lipinski definition) is 1. The van der Waals surface area contributed by atoms with Crippen LogP contribution in [0.5, 0.6) is 0 Å². The van der Waals surface area contributed by atoms with E-state index in [4.69, 9.17) is 16.0 Å². The number of fused-ring (bicyclic) bond motifs is 1. The third-order valence-electron chi connectivity index (χ3n) is 4.04. The van der Waals surface area contributed by atoms with Gasteiger partial charge < -0.3 is 9.73 Å². The van der Waals surface area contributed by atoms with E-state index in [0.29, 0.717) is 0 Å². The Morgan fingerprint density at radius 2 is 2.20 bits per heavy atom. The molecule has 0 fully saturated rings. The van der Waals surface area contributed by atoms with Crippen LogP contribution in [-0.4, -0.2) is 7.05 Å². The van der Waals surface area contributed by atoms with E-state index >= 15 is 0 Å². The van der Waals surface area contributed by atoms with Crippen molar-refractivity contribution in [2.24, 2.45) is 0 Å². The Balaban J connectivity index is 1.84. The molecular formula is C17H20ClNO. The number of nitrogens with one attached hydrogen (secondary N) is 1. The number of furan rings is 1. The summed E-state index contributed by atoms with van der Waals surface area (Å²) in [6.07, 6.45) is 8.53. The van der Waals surface area contributed by atoms with E-state index in [2.05, 4.69) is 17.5 Å². The quantitative estimate of drug-likeness (QED) is 0.779. The molecule has 0 spiro atoms. The Bertz CT molecular complexity index is 629. The standard InChI is InChI=1S/C17H20ClNO/c1-19-15(9-12-5-3-2-4-6-12)17-11-13-10-14(18)7-8-16(13)20-17/h5,7-8,10-11,15,19H,2-4,6,9H2,1H3. The normalized spacial score (nSPS) is 17.2. The molecule has 2 nitrogen and oxygen atoms in total. The van der Waals surface area contributed by atoms with Gasteiger partial charge in [-0.05, 0) is 63.4 Å². The summed E-state index contributed by atoms with van der Waals surface area (Å²) in [7, 11) is 1.99. The Labute approximate surface area is 124 Å². The maximum absolute atomic E-state index is 6.03. The number of benzene rings is 1. The fourth-order valence-corrected chi connectivity index (χ4v) is 3.08. The summed E-state index contributed by atoms with van der Waals surface area (Å²) >= 11 is 6.03. The zero-order valence-corrected chi connectivity index (χ0v) is 12.5. The van der Waals surface area contributed by atoms with Gasteiger partial charge in [-0.3, -0.25) is 0 Å². The van der Waals surface area contributed by atoms with E-state index in [0.717, 1.165) is 28.2 Å². The monoisotopic (exact) mass is 289 g/mol. The summed E-state index contributed by atoms with van der Waals surface area (Å²) in [4.78, 5) is 0. The molecule has 1 heterocycles. The number of rotatable bonds is 4. The van der Waals surface area contributed by atoms with Crippen LogP contribution < -0.4 is 5.32 Å². The highest BCUT2D eigenvalue weighted by atomic mass is 35.5. The lowest BCUT2D eigenvalue weighted by molar-refractivity contribution is 0.443. The smallest absolute Gasteiger partial charge is 0.134 e. The van der Waals surface area contributed by atoms with Crippen LogP contribution in [-0.2, 0) is 0 Å². The zero-order valence-electron chi connectivity index (χ0n) is 11.8. The van der Waals surface area contributed by atoms with Crippen LogP contribution in [0.2, 0.25) is 5.02 Å². The summed E-state index contributed by atoms with van der Waals surface area (Å²) in [5.74, 6) is 0.997. The van der Waals surface area contributed by atoms with Crippen molar-refractivity contribution in [3.8, 4) is 0 Å². The Morgan fingerprint density at radius 1 is 1.30 bits per heavy atom. The van der Waals surface area contributed by atoms with Crippen molar-refractivity contribution in [3.63, 3.8) is 0 Å². The first-order valence-corrected chi connectivity index (χ1v) is 7.68. The van der Waals surface area contributed by atoms with E-state index in [-0.39, 0.29) is 6.04 Å². The molecule has 2 aromatic rings. The minimum Gasteiger partial charge on any atom is -0.459 e. The van der Waals surface area contributed by atoms with Crippen LogP contribution >= 0.6 is 11.6 Å². The third-order valence-corrected chi connectivity index (χ3v) is 4.28.